The Balaban J connectivity index is 1.93. The van der Waals surface area contributed by atoms with Crippen molar-refractivity contribution in [1.29, 1.82) is 0 Å². The van der Waals surface area contributed by atoms with Crippen molar-refractivity contribution in [1.82, 2.24) is 0 Å². The second kappa shape index (κ2) is 6.46. The number of carbonyl (C=O) groups excluding carboxylic acids is 2. The summed E-state index contributed by atoms with van der Waals surface area (Å²) in [4.78, 5) is 30.5. The Morgan fingerprint density at radius 1 is 0.889 bits per heavy atom. The van der Waals surface area contributed by atoms with Gasteiger partial charge in [-0.1, -0.05) is 60.2 Å². The van der Waals surface area contributed by atoms with Gasteiger partial charge >= 0.3 is 5.97 Å². The van der Waals surface area contributed by atoms with Crippen LogP contribution in [0.15, 0.2) is 72.8 Å². The summed E-state index contributed by atoms with van der Waals surface area (Å²) in [5, 5.41) is 9.90. The third kappa shape index (κ3) is 2.65. The smallest absolute Gasteiger partial charge is 0.341 e. The Morgan fingerprint density at radius 3 is 2.30 bits per heavy atom. The Morgan fingerprint density at radius 2 is 1.56 bits per heavy atom. The Hall–Kier alpha value is -3.28. The highest BCUT2D eigenvalue weighted by Gasteiger charge is 2.49. The molecular weight excluding hydrogens is 344 g/mol. The van der Waals surface area contributed by atoms with Crippen LogP contribution in [-0.2, 0) is 15.4 Å². The Kier molecular flexibility index (Phi) is 4.11. The van der Waals surface area contributed by atoms with E-state index in [2.05, 4.69) is 0 Å². The highest BCUT2D eigenvalue weighted by Crippen LogP contribution is 2.43. The van der Waals surface area contributed by atoms with Crippen LogP contribution in [0.5, 0.6) is 0 Å². The van der Waals surface area contributed by atoms with Crippen LogP contribution >= 0.6 is 0 Å². The highest BCUT2D eigenvalue weighted by molar-refractivity contribution is 6.13. The second-order valence-electron chi connectivity index (χ2n) is 6.39. The molecule has 3 aromatic carbocycles. The molecule has 134 valence electrons. The number of aryl methyl sites for hydroxylation is 1. The molecule has 1 unspecified atom stereocenters. The average Bonchev–Trinajstić information content (AvgIpc) is 2.71. The molecule has 27 heavy (non-hydrogen) atoms. The zero-order valence-corrected chi connectivity index (χ0v) is 14.5. The number of fused-ring (bicyclic) bond motifs is 2. The molecule has 3 aromatic rings. The maximum Gasteiger partial charge on any atom is 0.341 e. The summed E-state index contributed by atoms with van der Waals surface area (Å²) < 4.78 is 5.69. The van der Waals surface area contributed by atoms with Gasteiger partial charge in [0.25, 0.3) is 5.79 Å². The minimum Gasteiger partial charge on any atom is -0.418 e. The van der Waals surface area contributed by atoms with E-state index in [1.54, 1.807) is 72.8 Å². The van der Waals surface area contributed by atoms with Gasteiger partial charge in [-0.3, -0.25) is 4.79 Å². The summed E-state index contributed by atoms with van der Waals surface area (Å²) in [5.74, 6) is -2.83. The minimum atomic E-state index is -1.93. The van der Waals surface area contributed by atoms with Crippen LogP contribution in [0.25, 0.3) is 0 Å². The lowest BCUT2D eigenvalue weighted by molar-refractivity contribution is -0.380. The fraction of sp³-hybridized carbons (Fsp3) is 0.0909. The number of esters is 1. The molecule has 1 aliphatic rings. The van der Waals surface area contributed by atoms with E-state index < -0.39 is 11.8 Å². The zero-order chi connectivity index (χ0) is 19.0. The summed E-state index contributed by atoms with van der Waals surface area (Å²) in [6, 6.07) is 20.1. The molecule has 5 nitrogen and oxygen atoms in total. The first kappa shape index (κ1) is 17.1. The summed E-state index contributed by atoms with van der Waals surface area (Å²) in [6.45, 7) is 1.85. The number of carbonyl (C=O) groups is 2. The first-order chi connectivity index (χ1) is 13.1. The molecule has 0 saturated carbocycles. The van der Waals surface area contributed by atoms with Gasteiger partial charge in [0.15, 0.2) is 5.78 Å². The molecule has 0 bridgehead atoms. The molecule has 4 rings (SSSR count). The van der Waals surface area contributed by atoms with Crippen molar-refractivity contribution in [2.24, 2.45) is 0 Å². The van der Waals surface area contributed by atoms with Gasteiger partial charge in [0.2, 0.25) is 0 Å². The number of hydrogen-bond donors (Lipinski definition) is 1. The average molecular weight is 360 g/mol. The molecule has 5 heteroatoms. The van der Waals surface area contributed by atoms with Gasteiger partial charge in [0.05, 0.1) is 5.56 Å². The van der Waals surface area contributed by atoms with Crippen molar-refractivity contribution < 1.29 is 24.5 Å². The molecule has 0 saturated heterocycles. The van der Waals surface area contributed by atoms with Crippen LogP contribution in [0, 0.1) is 6.92 Å². The number of benzene rings is 3. The molecule has 0 spiro atoms. The standard InChI is InChI=1S/C22H16O5/c1-14-11-12-19-17(13-14)20(23)16-9-5-6-10-18(16)22(19,27-25)26-21(24)15-7-3-2-4-8-15/h2-13,25H,1H3. The van der Waals surface area contributed by atoms with Gasteiger partial charge in [-0.05, 0) is 25.1 Å². The molecule has 1 atom stereocenters. The fourth-order valence-corrected chi connectivity index (χ4v) is 3.38. The topological polar surface area (TPSA) is 72.8 Å². The first-order valence-corrected chi connectivity index (χ1v) is 8.43. The first-order valence-electron chi connectivity index (χ1n) is 8.43. The van der Waals surface area contributed by atoms with Crippen molar-refractivity contribution >= 4 is 11.8 Å². The number of rotatable bonds is 3. The van der Waals surface area contributed by atoms with E-state index in [9.17, 15) is 14.8 Å². The maximum absolute atomic E-state index is 12.9. The largest absolute Gasteiger partial charge is 0.418 e. The molecule has 0 aliphatic heterocycles. The van der Waals surface area contributed by atoms with Crippen molar-refractivity contribution in [3.63, 3.8) is 0 Å². The molecular formula is C22H16O5. The van der Waals surface area contributed by atoms with Crippen LogP contribution in [0.3, 0.4) is 0 Å². The van der Waals surface area contributed by atoms with Gasteiger partial charge in [-0.25, -0.2) is 10.1 Å². The molecule has 0 aromatic heterocycles. The normalized spacial score (nSPS) is 17.8. The number of ketones is 1. The molecule has 1 aliphatic carbocycles. The van der Waals surface area contributed by atoms with Gasteiger partial charge in [-0.15, -0.1) is 0 Å². The monoisotopic (exact) mass is 360 g/mol. The fourth-order valence-electron chi connectivity index (χ4n) is 3.38. The lowest BCUT2D eigenvalue weighted by Crippen LogP contribution is -2.41. The minimum absolute atomic E-state index is 0.215. The highest BCUT2D eigenvalue weighted by atomic mass is 17.1. The number of ether oxygens (including phenoxy) is 1. The summed E-state index contributed by atoms with van der Waals surface area (Å²) >= 11 is 0. The van der Waals surface area contributed by atoms with E-state index in [1.165, 1.54) is 0 Å². The third-order valence-electron chi connectivity index (χ3n) is 4.68. The predicted octanol–water partition coefficient (Wildman–Crippen LogP) is 4.09. The lowest BCUT2D eigenvalue weighted by atomic mass is 9.80. The molecule has 1 N–H and O–H groups in total. The van der Waals surface area contributed by atoms with E-state index in [0.717, 1.165) is 5.56 Å². The molecule has 0 radical (unpaired) electrons. The van der Waals surface area contributed by atoms with Crippen molar-refractivity contribution in [2.75, 3.05) is 0 Å². The van der Waals surface area contributed by atoms with Gasteiger partial charge in [0.1, 0.15) is 0 Å². The predicted molar refractivity (Wildman–Crippen MR) is 97.4 cm³/mol. The van der Waals surface area contributed by atoms with Gasteiger partial charge < -0.3 is 4.74 Å². The Bertz CT molecular complexity index is 1040. The summed E-state index contributed by atoms with van der Waals surface area (Å²) in [6.07, 6.45) is 0. The van der Waals surface area contributed by atoms with Crippen LogP contribution in [0.1, 0.15) is 43.0 Å². The van der Waals surface area contributed by atoms with E-state index in [-0.39, 0.29) is 16.9 Å². The van der Waals surface area contributed by atoms with Crippen LogP contribution in [0.4, 0.5) is 0 Å². The van der Waals surface area contributed by atoms with E-state index in [0.29, 0.717) is 16.7 Å². The van der Waals surface area contributed by atoms with Crippen LogP contribution < -0.4 is 0 Å². The van der Waals surface area contributed by atoms with Crippen molar-refractivity contribution in [3.8, 4) is 0 Å². The third-order valence-corrected chi connectivity index (χ3v) is 4.68. The van der Waals surface area contributed by atoms with E-state index >= 15 is 0 Å². The van der Waals surface area contributed by atoms with E-state index in [4.69, 9.17) is 9.62 Å². The molecule has 0 fully saturated rings. The SMILES string of the molecule is Cc1ccc2c(c1)C(=O)c1ccccc1C2(OO)OC(=O)c1ccccc1. The lowest BCUT2D eigenvalue weighted by Gasteiger charge is -2.36. The van der Waals surface area contributed by atoms with Crippen LogP contribution in [-0.4, -0.2) is 17.0 Å². The molecule has 0 heterocycles. The van der Waals surface area contributed by atoms with Crippen LogP contribution in [0.2, 0.25) is 0 Å². The van der Waals surface area contributed by atoms with Gasteiger partial charge in [-0.2, -0.15) is 4.89 Å². The summed E-state index contributed by atoms with van der Waals surface area (Å²) in [7, 11) is 0. The maximum atomic E-state index is 12.9. The van der Waals surface area contributed by atoms with Crippen molar-refractivity contribution in [2.45, 2.75) is 12.7 Å². The number of hydrogen-bond acceptors (Lipinski definition) is 5. The summed E-state index contributed by atoms with van der Waals surface area (Å²) in [5.41, 5.74) is 2.36. The van der Waals surface area contributed by atoms with E-state index in [1.807, 2.05) is 6.92 Å². The zero-order valence-electron chi connectivity index (χ0n) is 14.5. The Labute approximate surface area is 155 Å². The molecule has 0 amide bonds. The quantitative estimate of drug-likeness (QED) is 0.330. The van der Waals surface area contributed by atoms with Crippen molar-refractivity contribution in [3.05, 3.63) is 106 Å². The van der Waals surface area contributed by atoms with Gasteiger partial charge in [0, 0.05) is 22.3 Å². The second-order valence-corrected chi connectivity index (χ2v) is 6.39.